The monoisotopic (exact) mass is 212 g/mol. The maximum atomic E-state index is 11.3. The van der Waals surface area contributed by atoms with Crippen LogP contribution in [0.15, 0.2) is 23.3 Å². The molecule has 5 nitrogen and oxygen atoms in total. The van der Waals surface area contributed by atoms with Crippen LogP contribution in [0.5, 0.6) is 0 Å². The van der Waals surface area contributed by atoms with Crippen LogP contribution in [0.25, 0.3) is 0 Å². The molecule has 82 valence electrons. The third-order valence-electron chi connectivity index (χ3n) is 2.10. The molecule has 1 aliphatic rings. The van der Waals surface area contributed by atoms with E-state index in [1.807, 2.05) is 0 Å². The highest BCUT2D eigenvalue weighted by atomic mass is 16.5. The minimum atomic E-state index is -1.11. The Morgan fingerprint density at radius 3 is 2.47 bits per heavy atom. The molecular weight excluding hydrogens is 200 g/mol. The number of hydrogen-bond acceptors (Lipinski definition) is 5. The molecule has 0 heterocycles. The molecule has 1 N–H and O–H groups in total. The van der Waals surface area contributed by atoms with Gasteiger partial charge in [-0.05, 0) is 6.42 Å². The molecule has 0 spiro atoms. The Labute approximate surface area is 87.0 Å². The van der Waals surface area contributed by atoms with Crippen molar-refractivity contribution in [3.05, 3.63) is 23.3 Å². The van der Waals surface area contributed by atoms with Gasteiger partial charge in [-0.25, -0.2) is 9.59 Å². The average molecular weight is 212 g/mol. The van der Waals surface area contributed by atoms with Gasteiger partial charge in [0.05, 0.1) is 25.4 Å². The molecule has 0 aromatic rings. The first-order valence-electron chi connectivity index (χ1n) is 4.36. The van der Waals surface area contributed by atoms with Crippen LogP contribution < -0.4 is 0 Å². The molecule has 15 heavy (non-hydrogen) atoms. The highest BCUT2D eigenvalue weighted by Gasteiger charge is 2.28. The van der Waals surface area contributed by atoms with Crippen LogP contribution in [0.2, 0.25) is 0 Å². The fourth-order valence-electron chi connectivity index (χ4n) is 1.37. The zero-order chi connectivity index (χ0) is 11.4. The van der Waals surface area contributed by atoms with E-state index in [0.29, 0.717) is 0 Å². The topological polar surface area (TPSA) is 72.8 Å². The molecule has 0 radical (unpaired) electrons. The van der Waals surface area contributed by atoms with Crippen LogP contribution >= 0.6 is 0 Å². The Bertz CT molecular complexity index is 340. The van der Waals surface area contributed by atoms with Crippen molar-refractivity contribution < 1.29 is 24.2 Å². The molecule has 0 aliphatic heterocycles. The third kappa shape index (κ3) is 2.24. The molecule has 0 amide bonds. The van der Waals surface area contributed by atoms with E-state index in [1.54, 1.807) is 6.08 Å². The van der Waals surface area contributed by atoms with Gasteiger partial charge in [0.1, 0.15) is 6.10 Å². The van der Waals surface area contributed by atoms with Crippen molar-refractivity contribution in [3.8, 4) is 0 Å². The van der Waals surface area contributed by atoms with Crippen molar-refractivity contribution in [2.75, 3.05) is 14.2 Å². The van der Waals surface area contributed by atoms with Gasteiger partial charge < -0.3 is 14.6 Å². The van der Waals surface area contributed by atoms with Crippen LogP contribution in [0.1, 0.15) is 6.42 Å². The number of carbonyl (C=O) groups excluding carboxylic acids is 2. The molecule has 0 aromatic heterocycles. The van der Waals surface area contributed by atoms with Gasteiger partial charge in [0, 0.05) is 0 Å². The van der Waals surface area contributed by atoms with Crippen LogP contribution in [0, 0.1) is 0 Å². The summed E-state index contributed by atoms with van der Waals surface area (Å²) in [5.74, 6) is -1.34. The van der Waals surface area contributed by atoms with E-state index in [9.17, 15) is 14.7 Å². The second-order valence-corrected chi connectivity index (χ2v) is 2.95. The second-order valence-electron chi connectivity index (χ2n) is 2.95. The summed E-state index contributed by atoms with van der Waals surface area (Å²) in [7, 11) is 2.41. The Morgan fingerprint density at radius 1 is 1.33 bits per heavy atom. The number of aliphatic hydroxyl groups is 1. The summed E-state index contributed by atoms with van der Waals surface area (Å²) >= 11 is 0. The number of rotatable bonds is 2. The van der Waals surface area contributed by atoms with Gasteiger partial charge in [0.25, 0.3) is 0 Å². The van der Waals surface area contributed by atoms with E-state index < -0.39 is 18.0 Å². The van der Waals surface area contributed by atoms with E-state index in [1.165, 1.54) is 20.3 Å². The smallest absolute Gasteiger partial charge is 0.337 e. The molecule has 1 aliphatic carbocycles. The van der Waals surface area contributed by atoms with Gasteiger partial charge >= 0.3 is 11.9 Å². The molecule has 1 rings (SSSR count). The standard InChI is InChI=1S/C10H12O5/c1-14-9(12)6-4-3-5-7(11)8(6)10(13)15-2/h3,5,7,11H,4H2,1-2H3. The Kier molecular flexibility index (Phi) is 3.62. The van der Waals surface area contributed by atoms with Gasteiger partial charge in [-0.2, -0.15) is 0 Å². The molecular formula is C10H12O5. The summed E-state index contributed by atoms with van der Waals surface area (Å²) in [4.78, 5) is 22.6. The number of carbonyl (C=O) groups is 2. The lowest BCUT2D eigenvalue weighted by Gasteiger charge is -2.17. The third-order valence-corrected chi connectivity index (χ3v) is 2.10. The maximum absolute atomic E-state index is 11.3. The van der Waals surface area contributed by atoms with E-state index in [-0.39, 0.29) is 17.6 Å². The van der Waals surface area contributed by atoms with E-state index >= 15 is 0 Å². The number of hydrogen-bond donors (Lipinski definition) is 1. The maximum Gasteiger partial charge on any atom is 0.337 e. The highest BCUT2D eigenvalue weighted by molar-refractivity contribution is 6.01. The molecule has 1 unspecified atom stereocenters. The molecule has 1 atom stereocenters. The summed E-state index contributed by atoms with van der Waals surface area (Å²) in [6.07, 6.45) is 2.18. The number of aliphatic hydroxyl groups excluding tert-OH is 1. The van der Waals surface area contributed by atoms with Gasteiger partial charge in [0.15, 0.2) is 0 Å². The van der Waals surface area contributed by atoms with Crippen LogP contribution in [-0.4, -0.2) is 37.4 Å². The van der Waals surface area contributed by atoms with Gasteiger partial charge in [-0.15, -0.1) is 0 Å². The zero-order valence-electron chi connectivity index (χ0n) is 8.52. The highest BCUT2D eigenvalue weighted by Crippen LogP contribution is 2.22. The quantitative estimate of drug-likeness (QED) is 0.513. The first-order chi connectivity index (χ1) is 7.11. The van der Waals surface area contributed by atoms with Gasteiger partial charge in [0.2, 0.25) is 0 Å². The van der Waals surface area contributed by atoms with Crippen molar-refractivity contribution in [2.24, 2.45) is 0 Å². The van der Waals surface area contributed by atoms with Gasteiger partial charge in [-0.1, -0.05) is 12.2 Å². The first kappa shape index (κ1) is 11.5. The first-order valence-corrected chi connectivity index (χ1v) is 4.36. The second kappa shape index (κ2) is 4.75. The number of ether oxygens (including phenoxy) is 2. The lowest BCUT2D eigenvalue weighted by molar-refractivity contribution is -0.140. The fourth-order valence-corrected chi connectivity index (χ4v) is 1.37. The Hall–Kier alpha value is -1.62. The van der Waals surface area contributed by atoms with Crippen molar-refractivity contribution in [1.82, 2.24) is 0 Å². The number of allylic oxidation sites excluding steroid dienone is 1. The summed E-state index contributed by atoms with van der Waals surface area (Å²) in [5, 5.41) is 9.53. The van der Waals surface area contributed by atoms with Crippen molar-refractivity contribution in [1.29, 1.82) is 0 Å². The SMILES string of the molecule is COC(=O)C1=C(C(=O)OC)C(O)C=CC1. The van der Waals surface area contributed by atoms with Crippen molar-refractivity contribution in [2.45, 2.75) is 12.5 Å². The summed E-state index contributed by atoms with van der Waals surface area (Å²) in [5.41, 5.74) is 0.0891. The molecule has 0 saturated heterocycles. The minimum Gasteiger partial charge on any atom is -0.466 e. The predicted molar refractivity (Wildman–Crippen MR) is 50.8 cm³/mol. The molecule has 0 bridgehead atoms. The zero-order valence-corrected chi connectivity index (χ0v) is 8.52. The Morgan fingerprint density at radius 2 is 1.93 bits per heavy atom. The van der Waals surface area contributed by atoms with Crippen LogP contribution in [0.3, 0.4) is 0 Å². The minimum absolute atomic E-state index is 0.0492. The average Bonchev–Trinajstić information content (AvgIpc) is 2.26. The lowest BCUT2D eigenvalue weighted by atomic mass is 9.95. The Balaban J connectivity index is 3.11. The van der Waals surface area contributed by atoms with Gasteiger partial charge in [-0.3, -0.25) is 0 Å². The predicted octanol–water partition coefficient (Wildman–Crippen LogP) is -0.0502. The molecule has 0 aromatic carbocycles. The molecule has 5 heteroatoms. The number of methoxy groups -OCH3 is 2. The summed E-state index contributed by atoms with van der Waals surface area (Å²) in [6, 6.07) is 0. The fraction of sp³-hybridized carbons (Fsp3) is 0.400. The van der Waals surface area contributed by atoms with E-state index in [0.717, 1.165) is 0 Å². The van der Waals surface area contributed by atoms with E-state index in [4.69, 9.17) is 0 Å². The van der Waals surface area contributed by atoms with Crippen LogP contribution in [0.4, 0.5) is 0 Å². The van der Waals surface area contributed by atoms with Crippen molar-refractivity contribution >= 4 is 11.9 Å². The largest absolute Gasteiger partial charge is 0.466 e. The van der Waals surface area contributed by atoms with E-state index in [2.05, 4.69) is 9.47 Å². The lowest BCUT2D eigenvalue weighted by Crippen LogP contribution is -2.25. The number of esters is 2. The summed E-state index contributed by atoms with van der Waals surface area (Å²) < 4.78 is 9.00. The normalized spacial score (nSPS) is 20.1. The summed E-state index contributed by atoms with van der Waals surface area (Å²) in [6.45, 7) is 0. The molecule has 0 saturated carbocycles. The van der Waals surface area contributed by atoms with Crippen molar-refractivity contribution in [3.63, 3.8) is 0 Å². The van der Waals surface area contributed by atoms with Crippen LogP contribution in [-0.2, 0) is 19.1 Å². The molecule has 0 fully saturated rings.